The summed E-state index contributed by atoms with van der Waals surface area (Å²) in [5.41, 5.74) is 0.655. The van der Waals surface area contributed by atoms with Crippen molar-refractivity contribution >= 4 is 27.8 Å². The average molecular weight is 435 g/mol. The number of benzene rings is 2. The Hall–Kier alpha value is -2.82. The minimum Gasteiger partial charge on any atom is -0.465 e. The van der Waals surface area contributed by atoms with E-state index < -0.39 is 34.4 Å². The highest BCUT2D eigenvalue weighted by molar-refractivity contribution is 7.86. The minimum absolute atomic E-state index is 0.113. The van der Waals surface area contributed by atoms with Crippen LogP contribution in [0, 0.1) is 5.82 Å². The van der Waals surface area contributed by atoms with Crippen LogP contribution in [0.25, 0.3) is 0 Å². The Labute approximate surface area is 174 Å². The summed E-state index contributed by atoms with van der Waals surface area (Å²) in [7, 11) is -2.72. The zero-order valence-electron chi connectivity index (χ0n) is 16.4. The first-order valence-corrected chi connectivity index (χ1v) is 10.7. The monoisotopic (exact) mass is 435 g/mol. The van der Waals surface area contributed by atoms with Crippen LogP contribution in [0.1, 0.15) is 22.3 Å². The van der Waals surface area contributed by atoms with E-state index in [0.29, 0.717) is 6.42 Å². The molecule has 2 aromatic rings. The number of para-hydroxylation sites is 1. The van der Waals surface area contributed by atoms with E-state index in [4.69, 9.17) is 0 Å². The molecule has 30 heavy (non-hydrogen) atoms. The summed E-state index contributed by atoms with van der Waals surface area (Å²) in [5.74, 6) is -1.70. The van der Waals surface area contributed by atoms with Crippen molar-refractivity contribution in [1.82, 2.24) is 8.61 Å². The van der Waals surface area contributed by atoms with Crippen molar-refractivity contribution in [3.8, 4) is 0 Å². The number of hydrogen-bond donors (Lipinski definition) is 1. The van der Waals surface area contributed by atoms with Crippen molar-refractivity contribution in [1.29, 1.82) is 0 Å². The number of carbonyl (C=O) groups is 2. The molecule has 1 amide bonds. The van der Waals surface area contributed by atoms with Gasteiger partial charge in [0.2, 0.25) is 5.91 Å². The number of anilines is 1. The van der Waals surface area contributed by atoms with Crippen molar-refractivity contribution in [2.24, 2.45) is 0 Å². The fourth-order valence-corrected chi connectivity index (χ4v) is 4.81. The van der Waals surface area contributed by atoms with Crippen LogP contribution in [0.4, 0.5) is 10.1 Å². The van der Waals surface area contributed by atoms with Crippen LogP contribution in [-0.4, -0.2) is 55.6 Å². The van der Waals surface area contributed by atoms with Crippen molar-refractivity contribution in [3.63, 3.8) is 0 Å². The highest BCUT2D eigenvalue weighted by Gasteiger charge is 2.35. The Morgan fingerprint density at radius 1 is 1.07 bits per heavy atom. The average Bonchev–Trinajstić information content (AvgIpc) is 2.72. The third-order valence-corrected chi connectivity index (χ3v) is 6.63. The molecule has 0 aromatic heterocycles. The van der Waals surface area contributed by atoms with Crippen molar-refractivity contribution in [2.45, 2.75) is 13.0 Å². The number of rotatable bonds is 6. The second-order valence-corrected chi connectivity index (χ2v) is 8.63. The quantitative estimate of drug-likeness (QED) is 0.701. The van der Waals surface area contributed by atoms with Crippen molar-refractivity contribution < 1.29 is 27.1 Å². The summed E-state index contributed by atoms with van der Waals surface area (Å²) >= 11 is 0. The molecule has 0 bridgehead atoms. The predicted octanol–water partition coefficient (Wildman–Crippen LogP) is 2.00. The number of nitrogens with zero attached hydrogens (tertiary/aromatic N) is 2. The maximum atomic E-state index is 13.9. The van der Waals surface area contributed by atoms with E-state index in [0.717, 1.165) is 8.61 Å². The number of hydrogen-bond acceptors (Lipinski definition) is 5. The lowest BCUT2D eigenvalue weighted by Crippen LogP contribution is -2.51. The molecule has 3 rings (SSSR count). The fraction of sp³-hybridized carbons (Fsp3) is 0.300. The normalized spacial score (nSPS) is 16.7. The highest BCUT2D eigenvalue weighted by atomic mass is 32.2. The smallest absolute Gasteiger partial charge is 0.339 e. The maximum absolute atomic E-state index is 13.9. The molecule has 8 nitrogen and oxygen atoms in total. The molecule has 0 spiro atoms. The van der Waals surface area contributed by atoms with E-state index >= 15 is 0 Å². The highest BCUT2D eigenvalue weighted by Crippen LogP contribution is 2.21. The Balaban J connectivity index is 1.71. The van der Waals surface area contributed by atoms with Gasteiger partial charge in [0.1, 0.15) is 5.82 Å². The largest absolute Gasteiger partial charge is 0.465 e. The van der Waals surface area contributed by atoms with Gasteiger partial charge in [0.15, 0.2) is 0 Å². The summed E-state index contributed by atoms with van der Waals surface area (Å²) in [6, 6.07) is 12.3. The summed E-state index contributed by atoms with van der Waals surface area (Å²) < 4.78 is 46.7. The third-order valence-electron chi connectivity index (χ3n) is 4.70. The first-order chi connectivity index (χ1) is 14.3. The molecule has 0 saturated carbocycles. The Kier molecular flexibility index (Phi) is 6.80. The second-order valence-electron chi connectivity index (χ2n) is 6.71. The zero-order chi connectivity index (χ0) is 21.7. The van der Waals surface area contributed by atoms with E-state index in [-0.39, 0.29) is 36.4 Å². The molecule has 0 unspecified atom stereocenters. The van der Waals surface area contributed by atoms with Crippen LogP contribution in [0.2, 0.25) is 0 Å². The van der Waals surface area contributed by atoms with E-state index in [2.05, 4.69) is 10.1 Å². The molecule has 0 aliphatic carbocycles. The number of amides is 1. The topological polar surface area (TPSA) is 96.0 Å². The lowest BCUT2D eigenvalue weighted by Gasteiger charge is -2.34. The summed E-state index contributed by atoms with van der Waals surface area (Å²) in [6.45, 7) is -0.133. The number of methoxy groups -OCH3 is 1. The maximum Gasteiger partial charge on any atom is 0.339 e. The van der Waals surface area contributed by atoms with E-state index in [1.165, 1.54) is 37.4 Å². The lowest BCUT2D eigenvalue weighted by molar-refractivity contribution is -0.116. The molecule has 2 aromatic carbocycles. The van der Waals surface area contributed by atoms with E-state index in [1.807, 2.05) is 0 Å². The van der Waals surface area contributed by atoms with Gasteiger partial charge in [-0.05, 0) is 24.6 Å². The van der Waals surface area contributed by atoms with Gasteiger partial charge in [-0.3, -0.25) is 4.79 Å². The SMILES string of the molecule is COC(=O)c1ccccc1NC(=O)CN1CCCN(Cc2ccccc2F)S1(=O)=O. The van der Waals surface area contributed by atoms with Crippen LogP contribution < -0.4 is 5.32 Å². The molecular formula is C20H22FN3O5S. The molecule has 160 valence electrons. The Morgan fingerprint density at radius 2 is 1.73 bits per heavy atom. The molecule has 0 atom stereocenters. The van der Waals surface area contributed by atoms with Crippen LogP contribution in [-0.2, 0) is 26.3 Å². The van der Waals surface area contributed by atoms with Crippen LogP contribution in [0.5, 0.6) is 0 Å². The van der Waals surface area contributed by atoms with Crippen LogP contribution in [0.15, 0.2) is 48.5 Å². The van der Waals surface area contributed by atoms with Crippen molar-refractivity contribution in [3.05, 3.63) is 65.5 Å². The molecule has 1 aliphatic heterocycles. The van der Waals surface area contributed by atoms with Gasteiger partial charge in [-0.25, -0.2) is 9.18 Å². The summed E-state index contributed by atoms with van der Waals surface area (Å²) in [6.07, 6.45) is 0.500. The zero-order valence-corrected chi connectivity index (χ0v) is 17.2. The first-order valence-electron chi connectivity index (χ1n) is 9.28. The van der Waals surface area contributed by atoms with Gasteiger partial charge >= 0.3 is 5.97 Å². The van der Waals surface area contributed by atoms with Gasteiger partial charge in [-0.15, -0.1) is 0 Å². The van der Waals surface area contributed by atoms with Gasteiger partial charge in [0, 0.05) is 25.2 Å². The molecule has 1 saturated heterocycles. The molecule has 1 N–H and O–H groups in total. The van der Waals surface area contributed by atoms with Gasteiger partial charge in [-0.1, -0.05) is 30.3 Å². The molecular weight excluding hydrogens is 413 g/mol. The lowest BCUT2D eigenvalue weighted by atomic mass is 10.2. The molecule has 0 radical (unpaired) electrons. The summed E-state index contributed by atoms with van der Waals surface area (Å²) in [4.78, 5) is 24.3. The number of halogens is 1. The van der Waals surface area contributed by atoms with Gasteiger partial charge in [-0.2, -0.15) is 17.0 Å². The molecule has 1 fully saturated rings. The molecule has 1 heterocycles. The third kappa shape index (κ3) is 4.84. The van der Waals surface area contributed by atoms with Crippen LogP contribution >= 0.6 is 0 Å². The van der Waals surface area contributed by atoms with Crippen molar-refractivity contribution in [2.75, 3.05) is 32.1 Å². The number of nitrogens with one attached hydrogen (secondary N) is 1. The van der Waals surface area contributed by atoms with Gasteiger partial charge < -0.3 is 10.1 Å². The summed E-state index contributed by atoms with van der Waals surface area (Å²) in [5, 5.41) is 2.56. The number of ether oxygens (including phenoxy) is 1. The molecule has 1 aliphatic rings. The fourth-order valence-electron chi connectivity index (χ4n) is 3.19. The molecule has 10 heteroatoms. The predicted molar refractivity (Wildman–Crippen MR) is 108 cm³/mol. The Bertz CT molecular complexity index is 1040. The van der Waals surface area contributed by atoms with Gasteiger partial charge in [0.05, 0.1) is 24.9 Å². The van der Waals surface area contributed by atoms with Crippen LogP contribution in [0.3, 0.4) is 0 Å². The standard InChI is InChI=1S/C20H22FN3O5S/c1-29-20(26)16-8-3-5-10-18(16)22-19(25)14-24-12-6-11-23(30(24,27)28)13-15-7-2-4-9-17(15)21/h2-5,7-10H,6,11-14H2,1H3,(H,22,25). The minimum atomic E-state index is -3.95. The van der Waals surface area contributed by atoms with Gasteiger partial charge in [0.25, 0.3) is 10.2 Å². The number of carbonyl (C=O) groups excluding carboxylic acids is 2. The van der Waals surface area contributed by atoms with E-state index in [9.17, 15) is 22.4 Å². The second kappa shape index (κ2) is 9.33. The van der Waals surface area contributed by atoms with E-state index in [1.54, 1.807) is 18.2 Å². The first kappa shape index (κ1) is 21.9. The Morgan fingerprint density at radius 3 is 2.47 bits per heavy atom. The number of esters is 1.